The van der Waals surface area contributed by atoms with E-state index < -0.39 is 0 Å². The van der Waals surface area contributed by atoms with Crippen molar-refractivity contribution in [3.63, 3.8) is 0 Å². The summed E-state index contributed by atoms with van der Waals surface area (Å²) in [7, 11) is 1.67. The molecule has 0 bridgehead atoms. The lowest BCUT2D eigenvalue weighted by atomic mass is 9.83. The molecule has 3 nitrogen and oxygen atoms in total. The molecule has 1 heterocycles. The van der Waals surface area contributed by atoms with Crippen molar-refractivity contribution in [1.82, 2.24) is 9.78 Å². The topological polar surface area (TPSA) is 43.8 Å². The highest BCUT2D eigenvalue weighted by Crippen LogP contribution is 2.47. The van der Waals surface area contributed by atoms with E-state index in [0.29, 0.717) is 11.6 Å². The molecule has 1 aliphatic carbocycles. The maximum atomic E-state index is 13.7. The number of aryl methyl sites for hydroxylation is 1. The minimum Gasteiger partial charge on any atom is -0.381 e. The Bertz CT molecular complexity index is 364. The van der Waals surface area contributed by atoms with E-state index in [1.807, 2.05) is 13.8 Å². The minimum atomic E-state index is -0.343. The van der Waals surface area contributed by atoms with Crippen molar-refractivity contribution >= 4 is 5.82 Å². The average Bonchev–Trinajstić information content (AvgIpc) is 2.90. The molecule has 78 valence electrons. The summed E-state index contributed by atoms with van der Waals surface area (Å²) in [4.78, 5) is 0. The van der Waals surface area contributed by atoms with Crippen molar-refractivity contribution in [1.29, 1.82) is 0 Å². The Morgan fingerprint density at radius 3 is 2.43 bits per heavy atom. The zero-order chi connectivity index (χ0) is 10.5. The van der Waals surface area contributed by atoms with E-state index in [0.717, 1.165) is 0 Å². The van der Waals surface area contributed by atoms with Crippen molar-refractivity contribution in [3.05, 3.63) is 11.5 Å². The zero-order valence-corrected chi connectivity index (χ0v) is 8.84. The fraction of sp³-hybridized carbons (Fsp3) is 0.700. The normalized spacial score (nSPS) is 17.4. The summed E-state index contributed by atoms with van der Waals surface area (Å²) >= 11 is 0. The van der Waals surface area contributed by atoms with Gasteiger partial charge in [-0.2, -0.15) is 5.10 Å². The van der Waals surface area contributed by atoms with Crippen LogP contribution >= 0.6 is 0 Å². The number of rotatable bonds is 2. The van der Waals surface area contributed by atoms with Crippen LogP contribution in [-0.4, -0.2) is 9.78 Å². The third-order valence-corrected chi connectivity index (χ3v) is 3.24. The molecule has 1 saturated carbocycles. The SMILES string of the molecule is Cn1nc(C(C)(C)C2CC2)c(F)c1N. The monoisotopic (exact) mass is 197 g/mol. The Morgan fingerprint density at radius 1 is 1.50 bits per heavy atom. The van der Waals surface area contributed by atoms with Crippen LogP contribution in [0, 0.1) is 11.7 Å². The van der Waals surface area contributed by atoms with Crippen LogP contribution in [0.5, 0.6) is 0 Å². The van der Waals surface area contributed by atoms with Gasteiger partial charge in [-0.15, -0.1) is 0 Å². The van der Waals surface area contributed by atoms with Crippen LogP contribution in [0.15, 0.2) is 0 Å². The van der Waals surface area contributed by atoms with Gasteiger partial charge >= 0.3 is 0 Å². The highest BCUT2D eigenvalue weighted by Gasteiger charge is 2.43. The molecule has 4 heteroatoms. The Kier molecular flexibility index (Phi) is 1.84. The van der Waals surface area contributed by atoms with E-state index in [1.54, 1.807) is 7.05 Å². The van der Waals surface area contributed by atoms with Crippen LogP contribution < -0.4 is 5.73 Å². The van der Waals surface area contributed by atoms with Gasteiger partial charge in [-0.05, 0) is 18.8 Å². The van der Waals surface area contributed by atoms with Gasteiger partial charge in [-0.25, -0.2) is 4.39 Å². The lowest BCUT2D eigenvalue weighted by Crippen LogP contribution is -2.22. The first-order valence-corrected chi connectivity index (χ1v) is 4.93. The van der Waals surface area contributed by atoms with Crippen molar-refractivity contribution in [2.75, 3.05) is 5.73 Å². The van der Waals surface area contributed by atoms with Gasteiger partial charge in [0.2, 0.25) is 0 Å². The molecular weight excluding hydrogens is 181 g/mol. The van der Waals surface area contributed by atoms with Crippen molar-refractivity contribution in [2.45, 2.75) is 32.1 Å². The van der Waals surface area contributed by atoms with Crippen LogP contribution in [0.25, 0.3) is 0 Å². The number of nitrogen functional groups attached to an aromatic ring is 1. The van der Waals surface area contributed by atoms with Crippen molar-refractivity contribution in [3.8, 4) is 0 Å². The molecule has 0 aromatic carbocycles. The maximum Gasteiger partial charge on any atom is 0.188 e. The molecule has 0 amide bonds. The summed E-state index contributed by atoms with van der Waals surface area (Å²) in [6.07, 6.45) is 2.34. The zero-order valence-electron chi connectivity index (χ0n) is 8.84. The molecule has 1 aromatic heterocycles. The second kappa shape index (κ2) is 2.72. The predicted octanol–water partition coefficient (Wildman–Crippen LogP) is 1.83. The highest BCUT2D eigenvalue weighted by molar-refractivity contribution is 5.37. The Hall–Kier alpha value is -1.06. The van der Waals surface area contributed by atoms with E-state index in [9.17, 15) is 4.39 Å². The maximum absolute atomic E-state index is 13.7. The molecule has 0 unspecified atom stereocenters. The number of nitrogens with zero attached hydrogens (tertiary/aromatic N) is 2. The number of anilines is 1. The average molecular weight is 197 g/mol. The van der Waals surface area contributed by atoms with Gasteiger partial charge in [-0.3, -0.25) is 4.68 Å². The summed E-state index contributed by atoms with van der Waals surface area (Å²) in [5.74, 6) is 0.351. The van der Waals surface area contributed by atoms with Gasteiger partial charge < -0.3 is 5.73 Å². The van der Waals surface area contributed by atoms with Crippen LogP contribution in [0.4, 0.5) is 10.2 Å². The number of aromatic nitrogens is 2. The molecule has 0 spiro atoms. The smallest absolute Gasteiger partial charge is 0.188 e. The molecule has 1 aliphatic rings. The summed E-state index contributed by atoms with van der Waals surface area (Å²) in [6, 6.07) is 0. The highest BCUT2D eigenvalue weighted by atomic mass is 19.1. The second-order valence-corrected chi connectivity index (χ2v) is 4.67. The van der Waals surface area contributed by atoms with Crippen LogP contribution in [0.1, 0.15) is 32.4 Å². The van der Waals surface area contributed by atoms with Crippen LogP contribution in [0.2, 0.25) is 0 Å². The number of halogens is 1. The first-order chi connectivity index (χ1) is 6.44. The number of nitrogens with two attached hydrogens (primary N) is 1. The van der Waals surface area contributed by atoms with Gasteiger partial charge in [0.25, 0.3) is 0 Å². The van der Waals surface area contributed by atoms with Gasteiger partial charge in [-0.1, -0.05) is 13.8 Å². The summed E-state index contributed by atoms with van der Waals surface area (Å²) in [5, 5.41) is 4.16. The van der Waals surface area contributed by atoms with Crippen molar-refractivity contribution < 1.29 is 4.39 Å². The minimum absolute atomic E-state index is 0.133. The largest absolute Gasteiger partial charge is 0.381 e. The molecule has 0 radical (unpaired) electrons. The van der Waals surface area contributed by atoms with Crippen LogP contribution in [-0.2, 0) is 12.5 Å². The molecular formula is C10H16FN3. The Labute approximate surface area is 83.1 Å². The fourth-order valence-corrected chi connectivity index (χ4v) is 1.92. The van der Waals surface area contributed by atoms with E-state index in [2.05, 4.69) is 5.10 Å². The molecule has 0 aliphatic heterocycles. The van der Waals surface area contributed by atoms with E-state index in [1.165, 1.54) is 17.5 Å². The molecule has 0 atom stereocenters. The third-order valence-electron chi connectivity index (χ3n) is 3.24. The lowest BCUT2D eigenvalue weighted by molar-refractivity contribution is 0.414. The summed E-state index contributed by atoms with van der Waals surface area (Å²) < 4.78 is 15.1. The molecule has 0 saturated heterocycles. The molecule has 1 fully saturated rings. The van der Waals surface area contributed by atoms with Gasteiger partial charge in [0.1, 0.15) is 5.69 Å². The van der Waals surface area contributed by atoms with Gasteiger partial charge in [0.05, 0.1) is 0 Å². The van der Waals surface area contributed by atoms with Gasteiger partial charge in [0, 0.05) is 12.5 Å². The molecule has 2 N–H and O–H groups in total. The van der Waals surface area contributed by atoms with E-state index in [-0.39, 0.29) is 17.1 Å². The second-order valence-electron chi connectivity index (χ2n) is 4.67. The van der Waals surface area contributed by atoms with E-state index in [4.69, 9.17) is 5.73 Å². The Balaban J connectivity index is 2.44. The quantitative estimate of drug-likeness (QED) is 0.786. The number of hydrogen-bond donors (Lipinski definition) is 1. The summed E-state index contributed by atoms with van der Waals surface area (Å²) in [5.41, 5.74) is 5.88. The standard InChI is InChI=1S/C10H16FN3/c1-10(2,6-4-5-6)8-7(11)9(12)14(3)13-8/h6H,4-5,12H2,1-3H3. The van der Waals surface area contributed by atoms with E-state index >= 15 is 0 Å². The molecule has 2 rings (SSSR count). The first kappa shape index (κ1) is 9.49. The predicted molar refractivity (Wildman–Crippen MR) is 53.3 cm³/mol. The van der Waals surface area contributed by atoms with Crippen LogP contribution in [0.3, 0.4) is 0 Å². The Morgan fingerprint density at radius 2 is 2.07 bits per heavy atom. The number of hydrogen-bond acceptors (Lipinski definition) is 2. The summed E-state index contributed by atoms with van der Waals surface area (Å²) in [6.45, 7) is 4.07. The van der Waals surface area contributed by atoms with Crippen molar-refractivity contribution in [2.24, 2.45) is 13.0 Å². The van der Waals surface area contributed by atoms with Gasteiger partial charge in [0.15, 0.2) is 11.6 Å². The molecule has 1 aromatic rings. The third kappa shape index (κ3) is 1.21. The first-order valence-electron chi connectivity index (χ1n) is 4.93. The lowest BCUT2D eigenvalue weighted by Gasteiger charge is -2.21. The molecule has 14 heavy (non-hydrogen) atoms. The fourth-order valence-electron chi connectivity index (χ4n) is 1.92.